The summed E-state index contributed by atoms with van der Waals surface area (Å²) in [4.78, 5) is 17.5. The number of imidazole rings is 1. The van der Waals surface area contributed by atoms with Gasteiger partial charge in [-0.05, 0) is 37.5 Å². The molecule has 3 heterocycles. The van der Waals surface area contributed by atoms with Gasteiger partial charge in [-0.1, -0.05) is 36.4 Å². The van der Waals surface area contributed by atoms with Gasteiger partial charge in [-0.25, -0.2) is 4.98 Å². The minimum Gasteiger partial charge on any atom is -0.360 e. The van der Waals surface area contributed by atoms with Gasteiger partial charge in [0.1, 0.15) is 5.65 Å². The molecule has 0 bridgehead atoms. The Morgan fingerprint density at radius 3 is 2.81 bits per heavy atom. The number of ether oxygens (including phenoxy) is 1. The number of hydrogen-bond acceptors (Lipinski definition) is 3. The molecule has 0 spiro atoms. The number of rotatable bonds is 5. The Labute approximate surface area is 153 Å². The number of carbonyl (C=O) groups excluding carboxylic acids is 1. The van der Waals surface area contributed by atoms with Gasteiger partial charge in [-0.15, -0.1) is 0 Å². The average Bonchev–Trinajstić information content (AvgIpc) is 3.31. The zero-order chi connectivity index (χ0) is 18.0. The summed E-state index contributed by atoms with van der Waals surface area (Å²) in [5, 5.41) is 3.06. The molecule has 0 aliphatic carbocycles. The lowest BCUT2D eigenvalue weighted by atomic mass is 9.90. The van der Waals surface area contributed by atoms with Gasteiger partial charge < -0.3 is 14.5 Å². The maximum absolute atomic E-state index is 12.9. The molecule has 5 nitrogen and oxygen atoms in total. The number of hydrogen-bond donors (Lipinski definition) is 1. The largest absolute Gasteiger partial charge is 0.360 e. The maximum atomic E-state index is 12.9. The van der Waals surface area contributed by atoms with E-state index in [0.717, 1.165) is 35.4 Å². The summed E-state index contributed by atoms with van der Waals surface area (Å²) in [5.74, 6) is -0.0545. The molecule has 1 fully saturated rings. The van der Waals surface area contributed by atoms with Crippen molar-refractivity contribution in [2.24, 2.45) is 0 Å². The van der Waals surface area contributed by atoms with E-state index in [0.29, 0.717) is 19.6 Å². The summed E-state index contributed by atoms with van der Waals surface area (Å²) in [7, 11) is 0. The van der Waals surface area contributed by atoms with Crippen molar-refractivity contribution in [3.8, 4) is 0 Å². The quantitative estimate of drug-likeness (QED) is 0.770. The molecular formula is C21H23N3O2. The summed E-state index contributed by atoms with van der Waals surface area (Å²) in [6.45, 7) is 3.22. The van der Waals surface area contributed by atoms with Crippen LogP contribution in [0.1, 0.15) is 29.8 Å². The molecule has 0 radical (unpaired) electrons. The number of amides is 1. The lowest BCUT2D eigenvalue weighted by Crippen LogP contribution is -2.44. The first-order valence-electron chi connectivity index (χ1n) is 9.10. The van der Waals surface area contributed by atoms with Crippen LogP contribution in [0, 0.1) is 6.92 Å². The number of pyridine rings is 1. The zero-order valence-electron chi connectivity index (χ0n) is 14.9. The molecule has 26 heavy (non-hydrogen) atoms. The number of aromatic nitrogens is 2. The Morgan fingerprint density at radius 2 is 2.08 bits per heavy atom. The third kappa shape index (κ3) is 2.99. The van der Waals surface area contributed by atoms with Crippen molar-refractivity contribution in [2.75, 3.05) is 13.2 Å². The monoisotopic (exact) mass is 349 g/mol. The highest BCUT2D eigenvalue weighted by molar-refractivity contribution is 5.86. The van der Waals surface area contributed by atoms with Crippen molar-refractivity contribution in [3.05, 3.63) is 71.7 Å². The van der Waals surface area contributed by atoms with Crippen LogP contribution < -0.4 is 5.32 Å². The fourth-order valence-corrected chi connectivity index (χ4v) is 3.65. The Kier molecular flexibility index (Phi) is 4.47. The van der Waals surface area contributed by atoms with Crippen molar-refractivity contribution < 1.29 is 9.53 Å². The summed E-state index contributed by atoms with van der Waals surface area (Å²) < 4.78 is 8.00. The number of nitrogens with one attached hydrogen (secondary N) is 1. The minimum atomic E-state index is -0.850. The fraction of sp³-hybridized carbons (Fsp3) is 0.333. The van der Waals surface area contributed by atoms with E-state index in [9.17, 15) is 4.79 Å². The van der Waals surface area contributed by atoms with E-state index in [4.69, 9.17) is 4.74 Å². The van der Waals surface area contributed by atoms with Crippen molar-refractivity contribution in [2.45, 2.75) is 31.8 Å². The molecule has 1 unspecified atom stereocenters. The molecular weight excluding hydrogens is 326 g/mol. The summed E-state index contributed by atoms with van der Waals surface area (Å²) >= 11 is 0. The minimum absolute atomic E-state index is 0.0545. The molecule has 1 saturated heterocycles. The molecule has 134 valence electrons. The van der Waals surface area contributed by atoms with Crippen LogP contribution in [0.25, 0.3) is 5.65 Å². The Morgan fingerprint density at radius 1 is 1.23 bits per heavy atom. The van der Waals surface area contributed by atoms with Gasteiger partial charge in [0, 0.05) is 31.5 Å². The number of fused-ring (bicyclic) bond motifs is 1. The van der Waals surface area contributed by atoms with Crippen LogP contribution in [0.15, 0.2) is 54.7 Å². The van der Waals surface area contributed by atoms with Crippen LogP contribution in [0.5, 0.6) is 0 Å². The first-order valence-corrected chi connectivity index (χ1v) is 9.10. The van der Waals surface area contributed by atoms with Crippen molar-refractivity contribution in [1.82, 2.24) is 14.7 Å². The van der Waals surface area contributed by atoms with Crippen LogP contribution in [0.4, 0.5) is 0 Å². The van der Waals surface area contributed by atoms with E-state index in [-0.39, 0.29) is 5.91 Å². The fourth-order valence-electron chi connectivity index (χ4n) is 3.65. The molecule has 1 N–H and O–H groups in total. The number of carbonyl (C=O) groups is 1. The molecule has 2 aromatic heterocycles. The third-order valence-electron chi connectivity index (χ3n) is 5.04. The molecule has 1 aliphatic rings. The van der Waals surface area contributed by atoms with Gasteiger partial charge in [-0.3, -0.25) is 4.79 Å². The van der Waals surface area contributed by atoms with Gasteiger partial charge in [0.05, 0.1) is 5.69 Å². The maximum Gasteiger partial charge on any atom is 0.256 e. The summed E-state index contributed by atoms with van der Waals surface area (Å²) in [5.41, 5.74) is 3.13. The highest BCUT2D eigenvalue weighted by Gasteiger charge is 2.44. The van der Waals surface area contributed by atoms with Gasteiger partial charge >= 0.3 is 0 Å². The SMILES string of the molecule is Cc1cccc2nc(CCNC(=O)C3(c4ccccc4)CCCO3)cn12. The number of benzene rings is 1. The van der Waals surface area contributed by atoms with Crippen LogP contribution in [0.3, 0.4) is 0 Å². The Hall–Kier alpha value is -2.66. The Bertz CT molecular complexity index is 911. The van der Waals surface area contributed by atoms with E-state index in [1.165, 1.54) is 0 Å². The number of aryl methyl sites for hydroxylation is 1. The second kappa shape index (κ2) is 6.92. The molecule has 1 amide bonds. The molecule has 4 rings (SSSR count). The predicted octanol–water partition coefficient (Wildman–Crippen LogP) is 3.01. The van der Waals surface area contributed by atoms with Crippen LogP contribution in [-0.4, -0.2) is 28.4 Å². The van der Waals surface area contributed by atoms with Crippen LogP contribution >= 0.6 is 0 Å². The second-order valence-corrected chi connectivity index (χ2v) is 6.78. The zero-order valence-corrected chi connectivity index (χ0v) is 14.9. The molecule has 1 atom stereocenters. The van der Waals surface area contributed by atoms with E-state index < -0.39 is 5.60 Å². The van der Waals surface area contributed by atoms with Crippen molar-refractivity contribution in [3.63, 3.8) is 0 Å². The normalized spacial score (nSPS) is 19.7. The standard InChI is InChI=1S/C21H23N3O2/c1-16-7-5-10-19-23-18(15-24(16)19)11-13-22-20(25)21(12-6-14-26-21)17-8-3-2-4-9-17/h2-5,7-10,15H,6,11-14H2,1H3,(H,22,25). The lowest BCUT2D eigenvalue weighted by Gasteiger charge is -2.27. The smallest absolute Gasteiger partial charge is 0.256 e. The van der Waals surface area contributed by atoms with Crippen molar-refractivity contribution in [1.29, 1.82) is 0 Å². The van der Waals surface area contributed by atoms with Crippen LogP contribution in [0.2, 0.25) is 0 Å². The predicted molar refractivity (Wildman–Crippen MR) is 99.9 cm³/mol. The van der Waals surface area contributed by atoms with Crippen LogP contribution in [-0.2, 0) is 21.6 Å². The van der Waals surface area contributed by atoms with E-state index in [1.807, 2.05) is 48.7 Å². The molecule has 1 aromatic carbocycles. The van der Waals surface area contributed by atoms with Gasteiger partial charge in [0.15, 0.2) is 5.60 Å². The highest BCUT2D eigenvalue weighted by atomic mass is 16.5. The van der Waals surface area contributed by atoms with Gasteiger partial charge in [-0.2, -0.15) is 0 Å². The van der Waals surface area contributed by atoms with E-state index in [2.05, 4.69) is 27.7 Å². The molecule has 0 saturated carbocycles. The lowest BCUT2D eigenvalue weighted by molar-refractivity contribution is -0.142. The summed E-state index contributed by atoms with van der Waals surface area (Å²) in [6, 6.07) is 15.8. The van der Waals surface area contributed by atoms with Gasteiger partial charge in [0.2, 0.25) is 0 Å². The first-order chi connectivity index (χ1) is 12.7. The first kappa shape index (κ1) is 16.8. The molecule has 1 aliphatic heterocycles. The highest BCUT2D eigenvalue weighted by Crippen LogP contribution is 2.36. The topological polar surface area (TPSA) is 55.6 Å². The molecule has 3 aromatic rings. The average molecular weight is 349 g/mol. The second-order valence-electron chi connectivity index (χ2n) is 6.78. The van der Waals surface area contributed by atoms with E-state index in [1.54, 1.807) is 0 Å². The third-order valence-corrected chi connectivity index (χ3v) is 5.04. The summed E-state index contributed by atoms with van der Waals surface area (Å²) in [6.07, 6.45) is 4.35. The molecule has 5 heteroatoms. The van der Waals surface area contributed by atoms with Crippen molar-refractivity contribution >= 4 is 11.6 Å². The Balaban J connectivity index is 1.45. The van der Waals surface area contributed by atoms with Gasteiger partial charge in [0.25, 0.3) is 5.91 Å². The number of nitrogens with zero attached hydrogens (tertiary/aromatic N) is 2. The van der Waals surface area contributed by atoms with E-state index >= 15 is 0 Å².